The summed E-state index contributed by atoms with van der Waals surface area (Å²) in [5.74, 6) is 0.216. The highest BCUT2D eigenvalue weighted by Gasteiger charge is 2.07. The largest absolute Gasteiger partial charge is 0.504 e. The summed E-state index contributed by atoms with van der Waals surface area (Å²) in [6.45, 7) is 0. The number of rotatable bonds is 1. The van der Waals surface area contributed by atoms with E-state index in [1.165, 1.54) is 6.20 Å². The highest BCUT2D eigenvalue weighted by Crippen LogP contribution is 2.27. The number of hydrogen-bond donors (Lipinski definition) is 1. The first-order valence-electron chi connectivity index (χ1n) is 4.05. The van der Waals surface area contributed by atoms with Gasteiger partial charge in [0.2, 0.25) is 0 Å². The summed E-state index contributed by atoms with van der Waals surface area (Å²) in [5.41, 5.74) is 1.72. The number of aryl methyl sites for hydroxylation is 1. The highest BCUT2D eigenvalue weighted by atomic mass is 16.3. The van der Waals surface area contributed by atoms with Gasteiger partial charge in [-0.05, 0) is 0 Å². The molecular weight excluding hydrogens is 164 g/mol. The third-order valence-electron chi connectivity index (χ3n) is 1.97. The third kappa shape index (κ3) is 1.28. The van der Waals surface area contributed by atoms with Crippen LogP contribution in [0.5, 0.6) is 5.75 Å². The average molecular weight is 174 g/mol. The van der Waals surface area contributed by atoms with E-state index in [0.29, 0.717) is 0 Å². The van der Waals surface area contributed by atoms with Gasteiger partial charge in [0.25, 0.3) is 0 Å². The van der Waals surface area contributed by atoms with E-state index in [4.69, 9.17) is 0 Å². The van der Waals surface area contributed by atoms with Crippen molar-refractivity contribution in [2.75, 3.05) is 0 Å². The Balaban J connectivity index is 2.59. The fourth-order valence-corrected chi connectivity index (χ4v) is 1.36. The van der Waals surface area contributed by atoms with Crippen LogP contribution in [0, 0.1) is 0 Å². The number of nitrogens with zero attached hydrogens (tertiary/aromatic N) is 2. The lowest BCUT2D eigenvalue weighted by molar-refractivity contribution is 0.477. The molecule has 0 aliphatic carbocycles. The number of aromatic nitrogens is 2. The molecule has 3 nitrogen and oxygen atoms in total. The minimum absolute atomic E-state index is 0.216. The first-order valence-corrected chi connectivity index (χ1v) is 4.05. The standard InChI is InChI=1S/C10H10N2O/c1-12-10(9(13)7-11-12)8-5-3-2-4-6-8/h2-7,13H,1H3. The molecule has 0 atom stereocenters. The lowest BCUT2D eigenvalue weighted by Gasteiger charge is -2.01. The predicted molar refractivity (Wildman–Crippen MR) is 50.3 cm³/mol. The number of benzene rings is 1. The van der Waals surface area contributed by atoms with Crippen LogP contribution in [0.3, 0.4) is 0 Å². The minimum atomic E-state index is 0.216. The first-order chi connectivity index (χ1) is 6.29. The molecule has 3 heteroatoms. The molecule has 0 saturated carbocycles. The van der Waals surface area contributed by atoms with Crippen LogP contribution in [0.2, 0.25) is 0 Å². The van der Waals surface area contributed by atoms with Crippen LogP contribution in [0.15, 0.2) is 36.5 Å². The van der Waals surface area contributed by atoms with E-state index in [2.05, 4.69) is 5.10 Å². The molecule has 2 rings (SSSR count). The topological polar surface area (TPSA) is 38.0 Å². The van der Waals surface area contributed by atoms with E-state index < -0.39 is 0 Å². The first kappa shape index (κ1) is 7.86. The van der Waals surface area contributed by atoms with E-state index in [1.807, 2.05) is 37.4 Å². The van der Waals surface area contributed by atoms with Gasteiger partial charge in [-0.2, -0.15) is 5.10 Å². The molecule has 2 aromatic rings. The van der Waals surface area contributed by atoms with Crippen LogP contribution in [-0.4, -0.2) is 14.9 Å². The van der Waals surface area contributed by atoms with E-state index in [9.17, 15) is 5.11 Å². The summed E-state index contributed by atoms with van der Waals surface area (Å²) in [7, 11) is 1.81. The van der Waals surface area contributed by atoms with Gasteiger partial charge in [0.1, 0.15) is 5.69 Å². The van der Waals surface area contributed by atoms with Gasteiger partial charge in [-0.15, -0.1) is 0 Å². The molecule has 0 aliphatic rings. The summed E-state index contributed by atoms with van der Waals surface area (Å²) in [4.78, 5) is 0. The van der Waals surface area contributed by atoms with Crippen molar-refractivity contribution < 1.29 is 5.11 Å². The smallest absolute Gasteiger partial charge is 0.161 e. The normalized spacial score (nSPS) is 10.2. The Kier molecular flexibility index (Phi) is 1.77. The van der Waals surface area contributed by atoms with Gasteiger partial charge in [-0.1, -0.05) is 30.3 Å². The van der Waals surface area contributed by atoms with Gasteiger partial charge in [0.15, 0.2) is 5.75 Å². The molecule has 0 fully saturated rings. The van der Waals surface area contributed by atoms with Crippen molar-refractivity contribution in [3.63, 3.8) is 0 Å². The zero-order valence-corrected chi connectivity index (χ0v) is 7.31. The van der Waals surface area contributed by atoms with E-state index in [-0.39, 0.29) is 5.75 Å². The summed E-state index contributed by atoms with van der Waals surface area (Å²) < 4.78 is 1.66. The molecule has 1 aromatic carbocycles. The molecule has 0 unspecified atom stereocenters. The Hall–Kier alpha value is -1.77. The van der Waals surface area contributed by atoms with Crippen LogP contribution < -0.4 is 0 Å². The minimum Gasteiger partial charge on any atom is -0.504 e. The second-order valence-corrected chi connectivity index (χ2v) is 2.87. The molecule has 1 N–H and O–H groups in total. The molecule has 1 aromatic heterocycles. The van der Waals surface area contributed by atoms with Crippen molar-refractivity contribution in [3.8, 4) is 17.0 Å². The van der Waals surface area contributed by atoms with Crippen LogP contribution >= 0.6 is 0 Å². The second kappa shape index (κ2) is 2.94. The summed E-state index contributed by atoms with van der Waals surface area (Å²) >= 11 is 0. The van der Waals surface area contributed by atoms with Gasteiger partial charge in [-0.25, -0.2) is 0 Å². The molecule has 0 saturated heterocycles. The van der Waals surface area contributed by atoms with E-state index >= 15 is 0 Å². The monoisotopic (exact) mass is 174 g/mol. The van der Waals surface area contributed by atoms with Crippen molar-refractivity contribution in [1.82, 2.24) is 9.78 Å². The van der Waals surface area contributed by atoms with Crippen LogP contribution in [0.1, 0.15) is 0 Å². The van der Waals surface area contributed by atoms with Crippen molar-refractivity contribution in [2.45, 2.75) is 0 Å². The highest BCUT2D eigenvalue weighted by molar-refractivity contribution is 5.65. The Bertz CT molecular complexity index is 387. The van der Waals surface area contributed by atoms with Gasteiger partial charge < -0.3 is 5.11 Å². The van der Waals surface area contributed by atoms with E-state index in [1.54, 1.807) is 4.68 Å². The zero-order chi connectivity index (χ0) is 9.26. The van der Waals surface area contributed by atoms with Gasteiger partial charge in [0, 0.05) is 12.6 Å². The van der Waals surface area contributed by atoms with Crippen LogP contribution in [0.25, 0.3) is 11.3 Å². The van der Waals surface area contributed by atoms with E-state index in [0.717, 1.165) is 11.3 Å². The molecule has 0 aliphatic heterocycles. The quantitative estimate of drug-likeness (QED) is 0.715. The Labute approximate surface area is 76.3 Å². The maximum absolute atomic E-state index is 9.50. The lowest BCUT2D eigenvalue weighted by atomic mass is 10.1. The van der Waals surface area contributed by atoms with Gasteiger partial charge >= 0.3 is 0 Å². The average Bonchev–Trinajstić information content (AvgIpc) is 2.48. The van der Waals surface area contributed by atoms with Gasteiger partial charge in [-0.3, -0.25) is 4.68 Å². The SMILES string of the molecule is Cn1ncc(O)c1-c1ccccc1. The van der Waals surface area contributed by atoms with Crippen molar-refractivity contribution >= 4 is 0 Å². The zero-order valence-electron chi connectivity index (χ0n) is 7.31. The Morgan fingerprint density at radius 1 is 1.23 bits per heavy atom. The lowest BCUT2D eigenvalue weighted by Crippen LogP contribution is -1.92. The van der Waals surface area contributed by atoms with Crippen molar-refractivity contribution in [3.05, 3.63) is 36.5 Å². The third-order valence-corrected chi connectivity index (χ3v) is 1.97. The molecule has 0 bridgehead atoms. The molecule has 0 radical (unpaired) electrons. The van der Waals surface area contributed by atoms with Crippen LogP contribution in [-0.2, 0) is 7.05 Å². The molecular formula is C10H10N2O. The van der Waals surface area contributed by atoms with Crippen molar-refractivity contribution in [1.29, 1.82) is 0 Å². The molecule has 0 amide bonds. The molecule has 13 heavy (non-hydrogen) atoms. The maximum atomic E-state index is 9.50. The number of aromatic hydroxyl groups is 1. The fraction of sp³-hybridized carbons (Fsp3) is 0.100. The summed E-state index contributed by atoms with van der Waals surface area (Å²) in [6, 6.07) is 9.69. The molecule has 1 heterocycles. The number of hydrogen-bond acceptors (Lipinski definition) is 2. The second-order valence-electron chi connectivity index (χ2n) is 2.87. The maximum Gasteiger partial charge on any atom is 0.161 e. The van der Waals surface area contributed by atoms with Gasteiger partial charge in [0.05, 0.1) is 6.20 Å². The molecule has 66 valence electrons. The summed E-state index contributed by atoms with van der Waals surface area (Å²) in [5, 5.41) is 13.5. The fourth-order valence-electron chi connectivity index (χ4n) is 1.36. The summed E-state index contributed by atoms with van der Waals surface area (Å²) in [6.07, 6.45) is 1.45. The Morgan fingerprint density at radius 3 is 2.46 bits per heavy atom. The Morgan fingerprint density at radius 2 is 1.92 bits per heavy atom. The predicted octanol–water partition coefficient (Wildman–Crippen LogP) is 1.79. The van der Waals surface area contributed by atoms with Crippen LogP contribution in [0.4, 0.5) is 0 Å². The van der Waals surface area contributed by atoms with Crippen molar-refractivity contribution in [2.24, 2.45) is 7.05 Å². The molecule has 0 spiro atoms.